The summed E-state index contributed by atoms with van der Waals surface area (Å²) in [7, 11) is 0. The summed E-state index contributed by atoms with van der Waals surface area (Å²) in [4.78, 5) is 0. The molecule has 3 nitrogen and oxygen atoms in total. The van der Waals surface area contributed by atoms with Gasteiger partial charge in [0.1, 0.15) is 5.58 Å². The van der Waals surface area contributed by atoms with Crippen molar-refractivity contribution in [2.75, 3.05) is 0 Å². The summed E-state index contributed by atoms with van der Waals surface area (Å²) in [5.74, 6) is 0. The van der Waals surface area contributed by atoms with Crippen LogP contribution >= 0.6 is 0 Å². The van der Waals surface area contributed by atoms with Gasteiger partial charge in [-0.15, -0.1) is 0 Å². The maximum absolute atomic E-state index is 5.12. The molecule has 0 aliphatic carbocycles. The summed E-state index contributed by atoms with van der Waals surface area (Å²) in [6.45, 7) is 0. The van der Waals surface area contributed by atoms with Crippen LogP contribution in [0.4, 0.5) is 0 Å². The van der Waals surface area contributed by atoms with Crippen molar-refractivity contribution in [3.8, 4) is 0 Å². The second-order valence-corrected chi connectivity index (χ2v) is 4.08. The third kappa shape index (κ3) is 2.60. The van der Waals surface area contributed by atoms with Gasteiger partial charge in [-0.1, -0.05) is 42.5 Å². The molecule has 4 rings (SSSR count). The van der Waals surface area contributed by atoms with E-state index in [1.54, 1.807) is 18.7 Å². The average Bonchev–Trinajstić information content (AvgIpc) is 2.96. The van der Waals surface area contributed by atoms with Gasteiger partial charge >= 0.3 is 0 Å². The number of fused-ring (bicyclic) bond motifs is 2. The zero-order chi connectivity index (χ0) is 12.9. The molecular formula is C16H12N2O. The molecular weight excluding hydrogens is 236 g/mol. The van der Waals surface area contributed by atoms with Crippen LogP contribution in [0.1, 0.15) is 0 Å². The summed E-state index contributed by atoms with van der Waals surface area (Å²) in [5, 5.41) is 11.0. The molecule has 0 saturated heterocycles. The molecule has 0 amide bonds. The lowest BCUT2D eigenvalue weighted by atomic mass is 10.2. The highest BCUT2D eigenvalue weighted by atomic mass is 16.3. The third-order valence-corrected chi connectivity index (χ3v) is 2.82. The Labute approximate surface area is 110 Å². The zero-order valence-corrected chi connectivity index (χ0v) is 10.2. The van der Waals surface area contributed by atoms with Gasteiger partial charge in [0.15, 0.2) is 0 Å². The van der Waals surface area contributed by atoms with Crippen LogP contribution in [0, 0.1) is 0 Å². The van der Waals surface area contributed by atoms with E-state index in [1.807, 2.05) is 54.6 Å². The standard InChI is InChI=1S/C8H6N2.C8H6O/c1-2-4-8-6-10-9-5-7(8)3-1;1-2-4-8-7(3-1)5-6-9-8/h1-6H;1-6H. The van der Waals surface area contributed by atoms with Gasteiger partial charge in [-0.3, -0.25) is 0 Å². The number of furan rings is 1. The molecule has 0 N–H and O–H groups in total. The van der Waals surface area contributed by atoms with Crippen molar-refractivity contribution in [3.63, 3.8) is 0 Å². The SMILES string of the molecule is c1ccc2cnncc2c1.c1ccc2occc2c1. The van der Waals surface area contributed by atoms with Gasteiger partial charge in [-0.25, -0.2) is 0 Å². The van der Waals surface area contributed by atoms with E-state index in [9.17, 15) is 0 Å². The first kappa shape index (κ1) is 11.4. The minimum absolute atomic E-state index is 0.956. The molecule has 0 spiro atoms. The maximum Gasteiger partial charge on any atom is 0.133 e. The number of nitrogens with zero attached hydrogens (tertiary/aromatic N) is 2. The van der Waals surface area contributed by atoms with Crippen LogP contribution in [0.5, 0.6) is 0 Å². The van der Waals surface area contributed by atoms with E-state index >= 15 is 0 Å². The van der Waals surface area contributed by atoms with Crippen LogP contribution in [0.2, 0.25) is 0 Å². The van der Waals surface area contributed by atoms with Crippen molar-refractivity contribution in [1.29, 1.82) is 0 Å². The van der Waals surface area contributed by atoms with Gasteiger partial charge in [0.2, 0.25) is 0 Å². The first-order valence-electron chi connectivity index (χ1n) is 6.01. The maximum atomic E-state index is 5.12. The van der Waals surface area contributed by atoms with Gasteiger partial charge in [-0.05, 0) is 12.1 Å². The lowest BCUT2D eigenvalue weighted by Gasteiger charge is -1.90. The van der Waals surface area contributed by atoms with Gasteiger partial charge < -0.3 is 4.42 Å². The number of rotatable bonds is 0. The predicted molar refractivity (Wildman–Crippen MR) is 75.8 cm³/mol. The molecule has 0 fully saturated rings. The number of benzene rings is 2. The molecule has 0 saturated carbocycles. The monoisotopic (exact) mass is 248 g/mol. The molecule has 0 atom stereocenters. The van der Waals surface area contributed by atoms with Gasteiger partial charge in [-0.2, -0.15) is 10.2 Å². The van der Waals surface area contributed by atoms with Crippen molar-refractivity contribution in [2.24, 2.45) is 0 Å². The summed E-state index contributed by atoms with van der Waals surface area (Å²) >= 11 is 0. The molecule has 92 valence electrons. The normalized spacial score (nSPS) is 10.1. The van der Waals surface area contributed by atoms with Crippen molar-refractivity contribution in [2.45, 2.75) is 0 Å². The fourth-order valence-electron chi connectivity index (χ4n) is 1.84. The highest BCUT2D eigenvalue weighted by Gasteiger charge is 1.89. The fraction of sp³-hybridized carbons (Fsp3) is 0. The molecule has 0 radical (unpaired) electrons. The fourth-order valence-corrected chi connectivity index (χ4v) is 1.84. The number of hydrogen-bond acceptors (Lipinski definition) is 3. The largest absolute Gasteiger partial charge is 0.464 e. The lowest BCUT2D eigenvalue weighted by molar-refractivity contribution is 0.616. The van der Waals surface area contributed by atoms with Crippen molar-refractivity contribution in [1.82, 2.24) is 10.2 Å². The quantitative estimate of drug-likeness (QED) is 0.471. The van der Waals surface area contributed by atoms with E-state index in [-0.39, 0.29) is 0 Å². The molecule has 2 heterocycles. The Morgan fingerprint density at radius 2 is 1.21 bits per heavy atom. The van der Waals surface area contributed by atoms with E-state index in [0.29, 0.717) is 0 Å². The van der Waals surface area contributed by atoms with E-state index < -0.39 is 0 Å². The average molecular weight is 248 g/mol. The first-order valence-corrected chi connectivity index (χ1v) is 6.01. The van der Waals surface area contributed by atoms with Gasteiger partial charge in [0.25, 0.3) is 0 Å². The Morgan fingerprint density at radius 3 is 1.84 bits per heavy atom. The van der Waals surface area contributed by atoms with Crippen LogP contribution in [-0.2, 0) is 0 Å². The van der Waals surface area contributed by atoms with E-state index in [4.69, 9.17) is 4.42 Å². The van der Waals surface area contributed by atoms with Crippen LogP contribution in [0.15, 0.2) is 77.7 Å². The minimum Gasteiger partial charge on any atom is -0.464 e. The van der Waals surface area contributed by atoms with Crippen LogP contribution in [0.3, 0.4) is 0 Å². The van der Waals surface area contributed by atoms with Gasteiger partial charge in [0.05, 0.1) is 18.7 Å². The number of aromatic nitrogens is 2. The number of para-hydroxylation sites is 1. The predicted octanol–water partition coefficient (Wildman–Crippen LogP) is 4.06. The topological polar surface area (TPSA) is 38.9 Å². The van der Waals surface area contributed by atoms with Crippen molar-refractivity contribution in [3.05, 3.63) is 73.3 Å². The van der Waals surface area contributed by atoms with Gasteiger partial charge in [0, 0.05) is 16.2 Å². The zero-order valence-electron chi connectivity index (χ0n) is 10.2. The summed E-state index contributed by atoms with van der Waals surface area (Å²) in [6, 6.07) is 17.9. The second kappa shape index (κ2) is 5.31. The van der Waals surface area contributed by atoms with E-state index in [2.05, 4.69) is 10.2 Å². The van der Waals surface area contributed by atoms with Crippen LogP contribution in [-0.4, -0.2) is 10.2 Å². The summed E-state index contributed by atoms with van der Waals surface area (Å²) in [6.07, 6.45) is 5.22. The highest BCUT2D eigenvalue weighted by Crippen LogP contribution is 2.12. The van der Waals surface area contributed by atoms with Crippen LogP contribution in [0.25, 0.3) is 21.7 Å². The number of hydrogen-bond donors (Lipinski definition) is 0. The summed E-state index contributed by atoms with van der Waals surface area (Å²) in [5.41, 5.74) is 0.956. The first-order chi connectivity index (χ1) is 9.43. The molecule has 0 aliphatic heterocycles. The van der Waals surface area contributed by atoms with Crippen LogP contribution < -0.4 is 0 Å². The Kier molecular flexibility index (Phi) is 3.19. The Hall–Kier alpha value is -2.68. The van der Waals surface area contributed by atoms with E-state index in [1.165, 1.54) is 0 Å². The molecule has 19 heavy (non-hydrogen) atoms. The van der Waals surface area contributed by atoms with Crippen molar-refractivity contribution >= 4 is 21.7 Å². The molecule has 0 bridgehead atoms. The van der Waals surface area contributed by atoms with Crippen molar-refractivity contribution < 1.29 is 4.42 Å². The Balaban J connectivity index is 0.000000117. The second-order valence-electron chi connectivity index (χ2n) is 4.08. The Morgan fingerprint density at radius 1 is 0.632 bits per heavy atom. The molecule has 4 aromatic rings. The Bertz CT molecular complexity index is 697. The lowest BCUT2D eigenvalue weighted by Crippen LogP contribution is -1.77. The molecule has 3 heteroatoms. The molecule has 0 unspecified atom stereocenters. The molecule has 2 aromatic heterocycles. The molecule has 0 aliphatic rings. The van der Waals surface area contributed by atoms with E-state index in [0.717, 1.165) is 21.7 Å². The highest BCUT2D eigenvalue weighted by molar-refractivity contribution is 5.80. The minimum atomic E-state index is 0.956. The summed E-state index contributed by atoms with van der Waals surface area (Å²) < 4.78 is 5.12. The third-order valence-electron chi connectivity index (χ3n) is 2.82. The smallest absolute Gasteiger partial charge is 0.133 e. The molecule has 2 aromatic carbocycles.